The SMILES string of the molecule is CN(C)c1cccc2c(S(=O)(=O)N(Cc3ccccc3)c3cc(CBr)cc(N(Cc4ccccc4)S(=O)(=O)c4cccc5c(N(C)C)cccc45)c3)cccc12. The Bertz CT molecular complexity index is 2560. The Morgan fingerprint density at radius 3 is 1.18 bits per heavy atom. The zero-order chi connectivity index (χ0) is 39.6. The third-order valence-electron chi connectivity index (χ3n) is 9.85. The minimum atomic E-state index is -4.25. The Morgan fingerprint density at radius 2 is 0.804 bits per heavy atom. The molecule has 11 heteroatoms. The van der Waals surface area contributed by atoms with Gasteiger partial charge >= 0.3 is 0 Å². The van der Waals surface area contributed by atoms with E-state index in [4.69, 9.17) is 0 Å². The first-order valence-corrected chi connectivity index (χ1v) is 22.1. The molecule has 56 heavy (non-hydrogen) atoms. The normalized spacial score (nSPS) is 11.8. The van der Waals surface area contributed by atoms with E-state index in [1.807, 2.05) is 159 Å². The van der Waals surface area contributed by atoms with Crippen molar-refractivity contribution in [3.63, 3.8) is 0 Å². The Hall–Kier alpha value is -5.36. The number of alkyl halides is 1. The topological polar surface area (TPSA) is 81.2 Å². The zero-order valence-electron chi connectivity index (χ0n) is 31.7. The van der Waals surface area contributed by atoms with Gasteiger partial charge in [-0.05, 0) is 59.2 Å². The summed E-state index contributed by atoms with van der Waals surface area (Å²) in [6.45, 7) is 0.0281. The van der Waals surface area contributed by atoms with E-state index in [9.17, 15) is 0 Å². The molecule has 0 saturated carbocycles. The van der Waals surface area contributed by atoms with Crippen LogP contribution in [0.25, 0.3) is 21.5 Å². The molecule has 0 aliphatic carbocycles. The van der Waals surface area contributed by atoms with Crippen molar-refractivity contribution in [3.8, 4) is 0 Å². The van der Waals surface area contributed by atoms with E-state index >= 15 is 16.8 Å². The fourth-order valence-corrected chi connectivity index (χ4v) is 10.8. The van der Waals surface area contributed by atoms with E-state index < -0.39 is 20.0 Å². The van der Waals surface area contributed by atoms with Crippen LogP contribution in [-0.2, 0) is 38.5 Å². The van der Waals surface area contributed by atoms with Gasteiger partial charge in [-0.1, -0.05) is 125 Å². The highest BCUT2D eigenvalue weighted by molar-refractivity contribution is 9.08. The molecule has 0 aromatic heterocycles. The van der Waals surface area contributed by atoms with Gasteiger partial charge in [0, 0.05) is 66.4 Å². The van der Waals surface area contributed by atoms with Crippen LogP contribution in [0.3, 0.4) is 0 Å². The molecule has 0 heterocycles. The summed E-state index contributed by atoms with van der Waals surface area (Å²) in [6.07, 6.45) is 0. The van der Waals surface area contributed by atoms with E-state index in [0.717, 1.165) is 33.3 Å². The molecular weight excluding hydrogens is 805 g/mol. The lowest BCUT2D eigenvalue weighted by atomic mass is 10.1. The first-order chi connectivity index (χ1) is 26.9. The summed E-state index contributed by atoms with van der Waals surface area (Å²) >= 11 is 3.61. The first-order valence-electron chi connectivity index (χ1n) is 18.1. The highest BCUT2D eigenvalue weighted by Crippen LogP contribution is 2.39. The average molecular weight is 848 g/mol. The second-order valence-corrected chi connectivity index (χ2v) is 18.3. The van der Waals surface area contributed by atoms with Gasteiger partial charge in [0.25, 0.3) is 20.0 Å². The first kappa shape index (κ1) is 38.9. The van der Waals surface area contributed by atoms with Crippen LogP contribution in [0, 0.1) is 0 Å². The molecule has 0 saturated heterocycles. The second-order valence-electron chi connectivity index (χ2n) is 14.0. The van der Waals surface area contributed by atoms with Crippen LogP contribution in [0.1, 0.15) is 16.7 Å². The molecule has 0 aliphatic rings. The van der Waals surface area contributed by atoms with Crippen LogP contribution in [0.15, 0.2) is 161 Å². The van der Waals surface area contributed by atoms with Crippen molar-refractivity contribution in [2.75, 3.05) is 46.6 Å². The molecule has 7 aromatic carbocycles. The minimum Gasteiger partial charge on any atom is -0.377 e. The monoisotopic (exact) mass is 846 g/mol. The molecule has 0 fully saturated rings. The van der Waals surface area contributed by atoms with Crippen molar-refractivity contribution in [3.05, 3.63) is 168 Å². The molecule has 0 unspecified atom stereocenters. The Morgan fingerprint density at radius 1 is 0.429 bits per heavy atom. The lowest BCUT2D eigenvalue weighted by Gasteiger charge is -2.30. The largest absolute Gasteiger partial charge is 0.377 e. The highest BCUT2D eigenvalue weighted by Gasteiger charge is 2.32. The van der Waals surface area contributed by atoms with Crippen LogP contribution in [0.5, 0.6) is 0 Å². The minimum absolute atomic E-state index is 0.0141. The molecule has 7 rings (SSSR count). The van der Waals surface area contributed by atoms with Crippen molar-refractivity contribution in [2.24, 2.45) is 0 Å². The maximum absolute atomic E-state index is 15.2. The molecule has 8 nitrogen and oxygen atoms in total. The molecule has 7 aromatic rings. The molecule has 0 atom stereocenters. The van der Waals surface area contributed by atoms with Gasteiger partial charge in [-0.25, -0.2) is 16.8 Å². The predicted octanol–water partition coefficient (Wildman–Crippen LogP) is 9.81. The Labute approximate surface area is 338 Å². The lowest BCUT2D eigenvalue weighted by Crippen LogP contribution is -2.33. The van der Waals surface area contributed by atoms with Crippen LogP contribution in [-0.4, -0.2) is 45.0 Å². The van der Waals surface area contributed by atoms with E-state index in [2.05, 4.69) is 15.9 Å². The molecule has 0 bridgehead atoms. The number of halogens is 1. The summed E-state index contributed by atoms with van der Waals surface area (Å²) in [7, 11) is -0.780. The van der Waals surface area contributed by atoms with Crippen LogP contribution < -0.4 is 18.4 Å². The number of anilines is 4. The standard InChI is InChI=1S/C45H43BrN4O4S2/c1-47(2)42-23-11-21-40-38(42)19-13-25-44(40)55(51,52)49(31-33-15-7-5-8-16-33)36-27-35(30-46)28-37(29-36)50(32-34-17-9-6-10-18-34)56(53,54)45-26-14-20-39-41(45)22-12-24-43(39)48(3)4/h5-29H,30-32H2,1-4H3. The third kappa shape index (κ3) is 7.58. The molecule has 0 amide bonds. The number of hydrogen-bond acceptors (Lipinski definition) is 6. The van der Waals surface area contributed by atoms with Gasteiger partial charge in [0.05, 0.1) is 34.3 Å². The van der Waals surface area contributed by atoms with Crippen LogP contribution in [0.2, 0.25) is 0 Å². The zero-order valence-corrected chi connectivity index (χ0v) is 34.9. The van der Waals surface area contributed by atoms with E-state index in [0.29, 0.717) is 33.0 Å². The molecular formula is C45H43BrN4O4S2. The second kappa shape index (κ2) is 16.0. The fraction of sp³-hybridized carbons (Fsp3) is 0.156. The molecule has 286 valence electrons. The molecule has 0 spiro atoms. The van der Waals surface area contributed by atoms with Crippen LogP contribution in [0.4, 0.5) is 22.7 Å². The molecule has 0 radical (unpaired) electrons. The van der Waals surface area contributed by atoms with Crippen LogP contribution >= 0.6 is 15.9 Å². The van der Waals surface area contributed by atoms with Crippen molar-refractivity contribution >= 4 is 80.3 Å². The quantitative estimate of drug-likeness (QED) is 0.108. The van der Waals surface area contributed by atoms with Gasteiger partial charge in [-0.15, -0.1) is 0 Å². The Balaban J connectivity index is 1.45. The number of benzene rings is 7. The smallest absolute Gasteiger partial charge is 0.265 e. The van der Waals surface area contributed by atoms with Gasteiger partial charge < -0.3 is 9.80 Å². The lowest BCUT2D eigenvalue weighted by molar-refractivity contribution is 0.590. The van der Waals surface area contributed by atoms with Gasteiger partial charge in [0.2, 0.25) is 0 Å². The fourth-order valence-electron chi connectivity index (χ4n) is 7.15. The number of nitrogens with zero attached hydrogens (tertiary/aromatic N) is 4. The Kier molecular flexibility index (Phi) is 11.1. The summed E-state index contributed by atoms with van der Waals surface area (Å²) in [6, 6.07) is 46.1. The van der Waals surface area contributed by atoms with E-state index in [1.54, 1.807) is 30.3 Å². The van der Waals surface area contributed by atoms with E-state index in [1.165, 1.54) is 8.61 Å². The van der Waals surface area contributed by atoms with E-state index in [-0.39, 0.29) is 22.9 Å². The van der Waals surface area contributed by atoms with Crippen molar-refractivity contribution < 1.29 is 16.8 Å². The van der Waals surface area contributed by atoms with Gasteiger partial charge in [0.15, 0.2) is 0 Å². The maximum Gasteiger partial charge on any atom is 0.265 e. The van der Waals surface area contributed by atoms with Gasteiger partial charge in [0.1, 0.15) is 0 Å². The highest BCUT2D eigenvalue weighted by atomic mass is 79.9. The molecule has 0 N–H and O–H groups in total. The summed E-state index contributed by atoms with van der Waals surface area (Å²) < 4.78 is 63.7. The maximum atomic E-state index is 15.2. The van der Waals surface area contributed by atoms with Gasteiger partial charge in [-0.3, -0.25) is 8.61 Å². The number of hydrogen-bond donors (Lipinski definition) is 0. The van der Waals surface area contributed by atoms with Crippen molar-refractivity contribution in [2.45, 2.75) is 28.2 Å². The summed E-state index contributed by atoms with van der Waals surface area (Å²) in [5.74, 6) is 0. The van der Waals surface area contributed by atoms with Gasteiger partial charge in [-0.2, -0.15) is 0 Å². The van der Waals surface area contributed by atoms with Crippen molar-refractivity contribution in [1.82, 2.24) is 0 Å². The summed E-state index contributed by atoms with van der Waals surface area (Å²) in [5.41, 5.74) is 4.72. The average Bonchev–Trinajstić information content (AvgIpc) is 3.21. The predicted molar refractivity (Wildman–Crippen MR) is 235 cm³/mol. The number of sulfonamides is 2. The van der Waals surface area contributed by atoms with Crippen molar-refractivity contribution in [1.29, 1.82) is 0 Å². The molecule has 0 aliphatic heterocycles. The third-order valence-corrected chi connectivity index (χ3v) is 14.2. The number of rotatable bonds is 13. The number of fused-ring (bicyclic) bond motifs is 2. The summed E-state index contributed by atoms with van der Waals surface area (Å²) in [5, 5.41) is 3.15. The summed E-state index contributed by atoms with van der Waals surface area (Å²) in [4.78, 5) is 4.24.